The number of aliphatic imine (C=N–C) groups is 1. The minimum atomic E-state index is -2.08. The molecule has 44 heavy (non-hydrogen) atoms. The van der Waals surface area contributed by atoms with Gasteiger partial charge in [-0.3, -0.25) is 10.2 Å². The SMILES string of the molecule is CC(C)[C@@H](NC(=O)OC(C)(C)C)C(=O)O[C@H]1[C@@H](O)[C@](C#N)(c2ccc(C(N)=NC=N)[nH]2)O[C@@H]1COC(=O)CC1CCCCC1. The Morgan fingerprint density at radius 3 is 2.57 bits per heavy atom. The number of aromatic nitrogens is 1. The molecule has 5 atom stereocenters. The number of carbonyl (C=O) groups excluding carboxylic acids is 3. The molecule has 1 saturated heterocycles. The molecule has 0 radical (unpaired) electrons. The number of alkyl carbamates (subject to hydrolysis) is 1. The molecule has 1 aromatic rings. The van der Waals surface area contributed by atoms with E-state index in [0.29, 0.717) is 0 Å². The van der Waals surface area contributed by atoms with E-state index in [2.05, 4.69) is 15.3 Å². The molecule has 242 valence electrons. The highest BCUT2D eigenvalue weighted by molar-refractivity contribution is 5.99. The van der Waals surface area contributed by atoms with Crippen LogP contribution in [0.2, 0.25) is 0 Å². The van der Waals surface area contributed by atoms with Gasteiger partial charge < -0.3 is 40.1 Å². The number of nitriles is 1. The van der Waals surface area contributed by atoms with Crippen LogP contribution in [0.25, 0.3) is 0 Å². The molecule has 0 unspecified atom stereocenters. The lowest BCUT2D eigenvalue weighted by molar-refractivity contribution is -0.163. The molecule has 3 rings (SSSR count). The summed E-state index contributed by atoms with van der Waals surface area (Å²) in [6.07, 6.45) is 0.813. The summed E-state index contributed by atoms with van der Waals surface area (Å²) < 4.78 is 22.6. The van der Waals surface area contributed by atoms with E-state index in [0.717, 1.165) is 38.4 Å². The molecule has 0 bridgehead atoms. The van der Waals surface area contributed by atoms with Crippen molar-refractivity contribution in [1.29, 1.82) is 10.7 Å². The minimum absolute atomic E-state index is 0.0454. The number of esters is 2. The van der Waals surface area contributed by atoms with Gasteiger partial charge >= 0.3 is 18.0 Å². The van der Waals surface area contributed by atoms with Crippen LogP contribution in [-0.4, -0.2) is 76.9 Å². The van der Waals surface area contributed by atoms with Crippen LogP contribution in [0.4, 0.5) is 4.79 Å². The van der Waals surface area contributed by atoms with Crippen molar-refractivity contribution < 1.29 is 38.4 Å². The number of aromatic amines is 1. The number of hydrogen-bond acceptors (Lipinski definition) is 10. The number of amidine groups is 1. The Morgan fingerprint density at radius 2 is 1.98 bits per heavy atom. The number of aliphatic hydroxyl groups excluding tert-OH is 1. The average Bonchev–Trinajstić information content (AvgIpc) is 3.54. The fraction of sp³-hybridized carbons (Fsp3) is 0.667. The van der Waals surface area contributed by atoms with E-state index in [1.54, 1.807) is 34.6 Å². The lowest BCUT2D eigenvalue weighted by atomic mass is 9.87. The molecule has 0 aromatic carbocycles. The maximum atomic E-state index is 13.4. The lowest BCUT2D eigenvalue weighted by Crippen LogP contribution is -2.50. The zero-order chi connectivity index (χ0) is 32.7. The first-order valence-corrected chi connectivity index (χ1v) is 14.9. The molecule has 6 N–H and O–H groups in total. The topological polar surface area (TPSA) is 222 Å². The van der Waals surface area contributed by atoms with Crippen LogP contribution in [0.1, 0.15) is 84.5 Å². The van der Waals surface area contributed by atoms with E-state index in [1.807, 2.05) is 6.07 Å². The van der Waals surface area contributed by atoms with Crippen LogP contribution in [0.3, 0.4) is 0 Å². The number of nitrogens with zero attached hydrogens (tertiary/aromatic N) is 2. The summed E-state index contributed by atoms with van der Waals surface area (Å²) in [4.78, 5) is 45.2. The summed E-state index contributed by atoms with van der Waals surface area (Å²) in [6.45, 7) is 8.02. The molecule has 14 heteroatoms. The third kappa shape index (κ3) is 8.57. The second-order valence-corrected chi connectivity index (χ2v) is 12.5. The summed E-state index contributed by atoms with van der Waals surface area (Å²) in [5, 5.41) is 31.5. The summed E-state index contributed by atoms with van der Waals surface area (Å²) in [5.74, 6) is -1.63. The van der Waals surface area contributed by atoms with Gasteiger partial charge in [0.2, 0.25) is 5.60 Å². The largest absolute Gasteiger partial charge is 0.463 e. The Kier molecular flexibility index (Phi) is 11.5. The fourth-order valence-corrected chi connectivity index (χ4v) is 5.36. The van der Waals surface area contributed by atoms with Gasteiger partial charge in [0.05, 0.1) is 11.4 Å². The van der Waals surface area contributed by atoms with E-state index in [9.17, 15) is 24.8 Å². The van der Waals surface area contributed by atoms with Crippen LogP contribution in [0.15, 0.2) is 17.1 Å². The third-order valence-corrected chi connectivity index (χ3v) is 7.60. The van der Waals surface area contributed by atoms with Gasteiger partial charge in [-0.2, -0.15) is 5.26 Å². The normalized spacial score (nSPS) is 25.1. The number of carbonyl (C=O) groups is 3. The molecule has 1 aliphatic heterocycles. The Hall–Kier alpha value is -3.96. The van der Waals surface area contributed by atoms with Gasteiger partial charge in [-0.25, -0.2) is 14.6 Å². The standard InChI is InChI=1S/C30H44N6O8/c1-17(2)23(36-28(40)44-29(3,4)5)27(39)42-24-20(14-41-22(37)13-18-9-7-6-8-10-18)43-30(15-31,25(24)38)21-12-11-19(35-21)26(33)34-16-32/h11-12,16-18,20,23-25,35,38H,6-10,13-14H2,1-5H3,(H,36,40)(H3,32,33,34)/t20-,23-,24-,25-,30+/m1/s1. The maximum Gasteiger partial charge on any atom is 0.408 e. The van der Waals surface area contributed by atoms with Gasteiger partial charge in [0.25, 0.3) is 0 Å². The molecule has 2 heterocycles. The van der Waals surface area contributed by atoms with Crippen molar-refractivity contribution >= 4 is 30.2 Å². The van der Waals surface area contributed by atoms with Crippen molar-refractivity contribution in [2.75, 3.05) is 6.61 Å². The summed E-state index contributed by atoms with van der Waals surface area (Å²) in [7, 11) is 0. The van der Waals surface area contributed by atoms with Gasteiger partial charge in [0.15, 0.2) is 6.10 Å². The zero-order valence-corrected chi connectivity index (χ0v) is 25.9. The van der Waals surface area contributed by atoms with Gasteiger partial charge in [-0.1, -0.05) is 33.1 Å². The molecular formula is C30H44N6O8. The number of nitrogens with two attached hydrogens (primary N) is 1. The van der Waals surface area contributed by atoms with E-state index in [1.165, 1.54) is 12.1 Å². The predicted molar refractivity (Wildman–Crippen MR) is 158 cm³/mol. The van der Waals surface area contributed by atoms with Crippen molar-refractivity contribution in [2.24, 2.45) is 22.6 Å². The maximum absolute atomic E-state index is 13.4. The first-order valence-electron chi connectivity index (χ1n) is 14.9. The van der Waals surface area contributed by atoms with Crippen molar-refractivity contribution in [3.8, 4) is 6.07 Å². The highest BCUT2D eigenvalue weighted by atomic mass is 16.6. The number of nitrogens with one attached hydrogen (secondary N) is 3. The van der Waals surface area contributed by atoms with E-state index in [-0.39, 0.29) is 29.6 Å². The number of amides is 1. The van der Waals surface area contributed by atoms with Gasteiger partial charge in [0.1, 0.15) is 48.7 Å². The van der Waals surface area contributed by atoms with Gasteiger partial charge in [-0.15, -0.1) is 0 Å². The van der Waals surface area contributed by atoms with Crippen LogP contribution in [0, 0.1) is 28.6 Å². The zero-order valence-electron chi connectivity index (χ0n) is 25.9. The first kappa shape index (κ1) is 34.5. The van der Waals surface area contributed by atoms with Crippen LogP contribution < -0.4 is 11.1 Å². The molecule has 1 amide bonds. The van der Waals surface area contributed by atoms with Crippen molar-refractivity contribution in [3.63, 3.8) is 0 Å². The van der Waals surface area contributed by atoms with Crippen molar-refractivity contribution in [2.45, 2.75) is 109 Å². The number of rotatable bonds is 11. The lowest BCUT2D eigenvalue weighted by Gasteiger charge is -2.28. The number of ether oxygens (including phenoxy) is 4. The molecule has 14 nitrogen and oxygen atoms in total. The molecule has 1 saturated carbocycles. The monoisotopic (exact) mass is 616 g/mol. The van der Waals surface area contributed by atoms with E-state index >= 15 is 0 Å². The summed E-state index contributed by atoms with van der Waals surface area (Å²) in [5.41, 5.74) is 3.30. The average molecular weight is 617 g/mol. The highest BCUT2D eigenvalue weighted by Gasteiger charge is 2.59. The number of hydrogen-bond donors (Lipinski definition) is 5. The van der Waals surface area contributed by atoms with Crippen LogP contribution >= 0.6 is 0 Å². The molecule has 0 spiro atoms. The molecular weight excluding hydrogens is 572 g/mol. The quantitative estimate of drug-likeness (QED) is 0.106. The molecule has 1 aliphatic carbocycles. The van der Waals surface area contributed by atoms with E-state index in [4.69, 9.17) is 30.1 Å². The molecule has 1 aromatic heterocycles. The van der Waals surface area contributed by atoms with Gasteiger partial charge in [0, 0.05) is 6.42 Å². The van der Waals surface area contributed by atoms with Crippen molar-refractivity contribution in [3.05, 3.63) is 23.5 Å². The minimum Gasteiger partial charge on any atom is -0.463 e. The number of H-pyrrole nitrogens is 1. The molecule has 2 aliphatic rings. The summed E-state index contributed by atoms with van der Waals surface area (Å²) >= 11 is 0. The van der Waals surface area contributed by atoms with Gasteiger partial charge in [-0.05, 0) is 57.6 Å². The molecule has 2 fully saturated rings. The number of aliphatic hydroxyl groups is 1. The second kappa shape index (κ2) is 14.7. The van der Waals surface area contributed by atoms with Crippen LogP contribution in [0.5, 0.6) is 0 Å². The van der Waals surface area contributed by atoms with Crippen molar-refractivity contribution in [1.82, 2.24) is 10.3 Å². The second-order valence-electron chi connectivity index (χ2n) is 12.5. The summed E-state index contributed by atoms with van der Waals surface area (Å²) in [6, 6.07) is 3.75. The Bertz CT molecular complexity index is 1260. The van der Waals surface area contributed by atoms with E-state index < -0.39 is 66.1 Å². The third-order valence-electron chi connectivity index (χ3n) is 7.60. The Labute approximate surface area is 257 Å². The Morgan fingerprint density at radius 1 is 1.30 bits per heavy atom. The predicted octanol–water partition coefficient (Wildman–Crippen LogP) is 2.78. The smallest absolute Gasteiger partial charge is 0.408 e. The highest BCUT2D eigenvalue weighted by Crippen LogP contribution is 2.41. The first-order chi connectivity index (χ1) is 20.7. The van der Waals surface area contributed by atoms with Crippen LogP contribution in [-0.2, 0) is 34.1 Å². The Balaban J connectivity index is 1.87. The fourth-order valence-electron chi connectivity index (χ4n) is 5.36.